The maximum absolute atomic E-state index is 6.26. The summed E-state index contributed by atoms with van der Waals surface area (Å²) < 4.78 is 0.117. The first-order valence-electron chi connectivity index (χ1n) is 5.17. The van der Waals surface area contributed by atoms with Crippen LogP contribution in [-0.4, -0.2) is 14.7 Å². The van der Waals surface area contributed by atoms with Crippen molar-refractivity contribution in [2.24, 2.45) is 5.92 Å². The van der Waals surface area contributed by atoms with Crippen LogP contribution < -0.4 is 0 Å². The summed E-state index contributed by atoms with van der Waals surface area (Å²) in [4.78, 5) is 0. The highest BCUT2D eigenvalue weighted by Crippen LogP contribution is 2.25. The van der Waals surface area contributed by atoms with Gasteiger partial charge in [-0.3, -0.25) is 0 Å². The molecule has 0 heterocycles. The lowest BCUT2D eigenvalue weighted by molar-refractivity contribution is 0.456. The molecule has 0 radical (unpaired) electrons. The molecule has 2 heteroatoms. The molecule has 0 N–H and O–H groups in total. The molecular formula is C10H23ClSi. The van der Waals surface area contributed by atoms with Crippen molar-refractivity contribution in [3.63, 3.8) is 0 Å². The van der Waals surface area contributed by atoms with Gasteiger partial charge in [0.05, 0.1) is 0 Å². The average molecular weight is 207 g/mol. The molecule has 0 bridgehead atoms. The molecule has 0 aromatic rings. The second-order valence-electron chi connectivity index (χ2n) is 4.31. The minimum absolute atomic E-state index is 0.117. The predicted octanol–water partition coefficient (Wildman–Crippen LogP) is 2.91. The number of alkyl halides is 1. The van der Waals surface area contributed by atoms with Crippen LogP contribution in [0.2, 0.25) is 0 Å². The smallest absolute Gasteiger partial charge is 0.0293 e. The molecule has 0 spiro atoms. The van der Waals surface area contributed by atoms with Crippen molar-refractivity contribution in [2.75, 3.05) is 0 Å². The number of rotatable bonds is 6. The first kappa shape index (κ1) is 12.5. The fourth-order valence-corrected chi connectivity index (χ4v) is 1.62. The van der Waals surface area contributed by atoms with Crippen LogP contribution in [0.3, 0.4) is 0 Å². The van der Waals surface area contributed by atoms with Crippen LogP contribution in [0.5, 0.6) is 0 Å². The lowest BCUT2D eigenvalue weighted by Gasteiger charge is -2.24. The third kappa shape index (κ3) is 6.07. The lowest BCUT2D eigenvalue weighted by Crippen LogP contribution is -2.26. The molecule has 0 rings (SSSR count). The van der Waals surface area contributed by atoms with Gasteiger partial charge in [0.15, 0.2) is 0 Å². The van der Waals surface area contributed by atoms with Crippen LogP contribution in [0.15, 0.2) is 0 Å². The summed E-state index contributed by atoms with van der Waals surface area (Å²) in [6.07, 6.45) is 6.76. The fraction of sp³-hybridized carbons (Fsp3) is 1.00. The van der Waals surface area contributed by atoms with Gasteiger partial charge in [0.25, 0.3) is 0 Å². The van der Waals surface area contributed by atoms with Crippen molar-refractivity contribution < 1.29 is 0 Å². The third-order valence-electron chi connectivity index (χ3n) is 2.66. The Bertz CT molecular complexity index is 107. The van der Waals surface area contributed by atoms with Gasteiger partial charge in [-0.2, -0.15) is 0 Å². The fourth-order valence-electron chi connectivity index (χ4n) is 1.22. The van der Waals surface area contributed by atoms with Crippen LogP contribution in [0.1, 0.15) is 52.9 Å². The van der Waals surface area contributed by atoms with Crippen LogP contribution >= 0.6 is 11.6 Å². The molecule has 2 unspecified atom stereocenters. The highest BCUT2D eigenvalue weighted by atomic mass is 35.5. The topological polar surface area (TPSA) is 0 Å². The highest BCUT2D eigenvalue weighted by Gasteiger charge is 2.21. The quantitative estimate of drug-likeness (QED) is 0.356. The maximum Gasteiger partial charge on any atom is 0.0293 e. The van der Waals surface area contributed by atoms with Gasteiger partial charge in [-0.15, -0.1) is 11.6 Å². The summed E-state index contributed by atoms with van der Waals surface area (Å²) in [5, 5.41) is 0. The molecule has 0 amide bonds. The molecule has 0 saturated carbocycles. The van der Waals surface area contributed by atoms with Crippen molar-refractivity contribution in [3.8, 4) is 0 Å². The molecule has 0 fully saturated rings. The summed E-state index contributed by atoms with van der Waals surface area (Å²) in [6.45, 7) is 6.71. The Hall–Kier alpha value is 0.507. The Kier molecular flexibility index (Phi) is 6.29. The molecule has 0 aliphatic carbocycles. The third-order valence-corrected chi connectivity index (χ3v) is 4.02. The van der Waals surface area contributed by atoms with Crippen molar-refractivity contribution >= 4 is 21.8 Å². The van der Waals surface area contributed by atoms with Crippen LogP contribution in [-0.2, 0) is 0 Å². The second-order valence-corrected chi connectivity index (χ2v) is 8.00. The Morgan fingerprint density at radius 1 is 1.33 bits per heavy atom. The zero-order valence-corrected chi connectivity index (χ0v) is 11.7. The largest absolute Gasteiger partial charge is 0.124 e. The monoisotopic (exact) mass is 206 g/mol. The van der Waals surface area contributed by atoms with Crippen LogP contribution in [0, 0.1) is 5.92 Å². The normalized spacial score (nSPS) is 19.0. The minimum Gasteiger partial charge on any atom is -0.124 e. The van der Waals surface area contributed by atoms with Crippen molar-refractivity contribution in [1.82, 2.24) is 0 Å². The summed E-state index contributed by atoms with van der Waals surface area (Å²) in [5.74, 6) is 0.697. The van der Waals surface area contributed by atoms with Crippen molar-refractivity contribution in [1.29, 1.82) is 0 Å². The molecule has 0 aromatic carbocycles. The van der Waals surface area contributed by atoms with Gasteiger partial charge in [-0.05, 0) is 19.3 Å². The van der Waals surface area contributed by atoms with Gasteiger partial charge < -0.3 is 0 Å². The zero-order valence-electron chi connectivity index (χ0n) is 8.99. The van der Waals surface area contributed by atoms with E-state index in [-0.39, 0.29) is 4.50 Å². The second kappa shape index (κ2) is 6.04. The molecule has 0 saturated heterocycles. The Labute approximate surface area is 85.5 Å². The molecule has 0 aliphatic rings. The SMILES string of the molecule is CCCCCCC(C)C(C)([SiH3])Cl. The Morgan fingerprint density at radius 3 is 2.33 bits per heavy atom. The average Bonchev–Trinajstić information content (AvgIpc) is 1.96. The van der Waals surface area contributed by atoms with E-state index in [9.17, 15) is 0 Å². The molecule has 0 aliphatic heterocycles. The summed E-state index contributed by atoms with van der Waals surface area (Å²) >= 11 is 6.26. The van der Waals surface area contributed by atoms with E-state index in [1.807, 2.05) is 0 Å². The van der Waals surface area contributed by atoms with Crippen LogP contribution in [0.4, 0.5) is 0 Å². The van der Waals surface area contributed by atoms with Gasteiger partial charge in [0.1, 0.15) is 0 Å². The van der Waals surface area contributed by atoms with Crippen molar-refractivity contribution in [2.45, 2.75) is 57.4 Å². The van der Waals surface area contributed by atoms with E-state index in [0.29, 0.717) is 5.92 Å². The number of halogens is 1. The van der Waals surface area contributed by atoms with E-state index in [2.05, 4.69) is 20.8 Å². The van der Waals surface area contributed by atoms with E-state index in [1.54, 1.807) is 0 Å². The van der Waals surface area contributed by atoms with E-state index >= 15 is 0 Å². The zero-order chi connectivity index (χ0) is 9.61. The van der Waals surface area contributed by atoms with E-state index in [1.165, 1.54) is 32.1 Å². The molecule has 0 aromatic heterocycles. The molecule has 74 valence electrons. The number of unbranched alkanes of at least 4 members (excludes halogenated alkanes) is 3. The van der Waals surface area contributed by atoms with Gasteiger partial charge in [0, 0.05) is 14.7 Å². The van der Waals surface area contributed by atoms with Gasteiger partial charge in [-0.25, -0.2) is 0 Å². The van der Waals surface area contributed by atoms with Crippen LogP contribution in [0.25, 0.3) is 0 Å². The maximum atomic E-state index is 6.26. The van der Waals surface area contributed by atoms with E-state index in [4.69, 9.17) is 11.6 Å². The summed E-state index contributed by atoms with van der Waals surface area (Å²) in [5.41, 5.74) is 0. The van der Waals surface area contributed by atoms with Crippen molar-refractivity contribution in [3.05, 3.63) is 0 Å². The van der Waals surface area contributed by atoms with Gasteiger partial charge in [-0.1, -0.05) is 39.5 Å². The lowest BCUT2D eigenvalue weighted by atomic mass is 9.99. The highest BCUT2D eigenvalue weighted by molar-refractivity contribution is 6.44. The molecular weight excluding hydrogens is 184 g/mol. The Morgan fingerprint density at radius 2 is 1.92 bits per heavy atom. The predicted molar refractivity (Wildman–Crippen MR) is 62.1 cm³/mol. The number of hydrogen-bond acceptors (Lipinski definition) is 0. The molecule has 12 heavy (non-hydrogen) atoms. The standard InChI is InChI=1S/C10H23ClSi/c1-4-5-6-7-8-9(2)10(3,11)12/h9H,4-8H2,1-3,12H3. The van der Waals surface area contributed by atoms with E-state index < -0.39 is 0 Å². The Balaban J connectivity index is 3.38. The van der Waals surface area contributed by atoms with Gasteiger partial charge in [0.2, 0.25) is 0 Å². The van der Waals surface area contributed by atoms with Gasteiger partial charge >= 0.3 is 0 Å². The number of hydrogen-bond donors (Lipinski definition) is 0. The van der Waals surface area contributed by atoms with E-state index in [0.717, 1.165) is 10.2 Å². The summed E-state index contributed by atoms with van der Waals surface area (Å²) in [7, 11) is 1.10. The first-order valence-corrected chi connectivity index (χ1v) is 6.55. The first-order chi connectivity index (χ1) is 5.48. The minimum atomic E-state index is 0.117. The summed E-state index contributed by atoms with van der Waals surface area (Å²) in [6, 6.07) is 0. The molecule has 2 atom stereocenters. The molecule has 0 nitrogen and oxygen atoms in total.